The molecule has 21 heavy (non-hydrogen) atoms. The van der Waals surface area contributed by atoms with Crippen molar-refractivity contribution < 1.29 is 4.74 Å². The third-order valence-electron chi connectivity index (χ3n) is 3.23. The Bertz CT molecular complexity index is 663. The first-order chi connectivity index (χ1) is 9.90. The van der Waals surface area contributed by atoms with Crippen molar-refractivity contribution in [3.63, 3.8) is 0 Å². The van der Waals surface area contributed by atoms with E-state index >= 15 is 0 Å². The molecule has 3 heteroatoms. The maximum Gasteiger partial charge on any atom is 0.123 e. The van der Waals surface area contributed by atoms with Gasteiger partial charge in [-0.2, -0.15) is 5.26 Å². The van der Waals surface area contributed by atoms with Crippen LogP contribution in [0, 0.1) is 11.3 Å². The second kappa shape index (κ2) is 6.32. The summed E-state index contributed by atoms with van der Waals surface area (Å²) >= 11 is 3.51. The minimum absolute atomic E-state index is 0.0176. The van der Waals surface area contributed by atoms with E-state index in [9.17, 15) is 0 Å². The van der Waals surface area contributed by atoms with Crippen molar-refractivity contribution in [2.45, 2.75) is 32.8 Å². The van der Waals surface area contributed by atoms with Gasteiger partial charge in [0, 0.05) is 10.0 Å². The third-order valence-corrected chi connectivity index (χ3v) is 3.72. The Kier molecular flexibility index (Phi) is 4.69. The van der Waals surface area contributed by atoms with E-state index in [1.165, 1.54) is 5.56 Å². The number of nitrogens with zero attached hydrogens (tertiary/aromatic N) is 1. The van der Waals surface area contributed by atoms with Gasteiger partial charge in [-0.05, 0) is 41.3 Å². The van der Waals surface area contributed by atoms with Gasteiger partial charge in [-0.25, -0.2) is 0 Å². The lowest BCUT2D eigenvalue weighted by Crippen LogP contribution is -2.13. The normalized spacial score (nSPS) is 11.0. The quantitative estimate of drug-likeness (QED) is 0.767. The molecule has 2 aromatic rings. The SMILES string of the molecule is CC(C)(C)c1cc(Br)ccc1OCc1ccc(C#N)cc1. The van der Waals surface area contributed by atoms with Crippen LogP contribution < -0.4 is 4.74 Å². The molecule has 0 heterocycles. The molecule has 0 N–H and O–H groups in total. The number of rotatable bonds is 3. The summed E-state index contributed by atoms with van der Waals surface area (Å²) in [6.45, 7) is 7.01. The maximum atomic E-state index is 8.80. The Hall–Kier alpha value is -1.79. The Morgan fingerprint density at radius 1 is 1.10 bits per heavy atom. The predicted octanol–water partition coefficient (Wildman–Crippen LogP) is 5.20. The lowest BCUT2D eigenvalue weighted by atomic mass is 9.86. The van der Waals surface area contributed by atoms with Gasteiger partial charge >= 0.3 is 0 Å². The fourth-order valence-electron chi connectivity index (χ4n) is 2.05. The molecule has 0 fully saturated rings. The molecule has 0 aliphatic carbocycles. The molecular formula is C18H18BrNO. The van der Waals surface area contributed by atoms with Crippen LogP contribution in [0.15, 0.2) is 46.9 Å². The smallest absolute Gasteiger partial charge is 0.123 e. The van der Waals surface area contributed by atoms with E-state index in [0.717, 1.165) is 15.8 Å². The molecule has 0 bridgehead atoms. The fourth-order valence-corrected chi connectivity index (χ4v) is 2.41. The maximum absolute atomic E-state index is 8.80. The molecule has 0 aromatic heterocycles. The molecule has 0 unspecified atom stereocenters. The zero-order valence-electron chi connectivity index (χ0n) is 12.5. The Morgan fingerprint density at radius 3 is 2.33 bits per heavy atom. The first kappa shape index (κ1) is 15.6. The van der Waals surface area contributed by atoms with Crippen LogP contribution >= 0.6 is 15.9 Å². The van der Waals surface area contributed by atoms with Crippen LogP contribution in [0.2, 0.25) is 0 Å². The molecule has 2 aromatic carbocycles. The van der Waals surface area contributed by atoms with E-state index in [2.05, 4.69) is 48.8 Å². The summed E-state index contributed by atoms with van der Waals surface area (Å²) in [6, 6.07) is 15.7. The molecule has 0 atom stereocenters. The molecule has 0 aliphatic heterocycles. The minimum atomic E-state index is 0.0176. The monoisotopic (exact) mass is 343 g/mol. The largest absolute Gasteiger partial charge is 0.489 e. The van der Waals surface area contributed by atoms with Crippen molar-refractivity contribution in [1.82, 2.24) is 0 Å². The molecule has 2 rings (SSSR count). The summed E-state index contributed by atoms with van der Waals surface area (Å²) < 4.78 is 7.03. The van der Waals surface area contributed by atoms with Gasteiger partial charge in [-0.3, -0.25) is 0 Å². The fraction of sp³-hybridized carbons (Fsp3) is 0.278. The van der Waals surface area contributed by atoms with Gasteiger partial charge in [0.25, 0.3) is 0 Å². The molecule has 2 nitrogen and oxygen atoms in total. The van der Waals surface area contributed by atoms with Crippen molar-refractivity contribution in [3.05, 3.63) is 63.6 Å². The highest BCUT2D eigenvalue weighted by Gasteiger charge is 2.19. The van der Waals surface area contributed by atoms with Crippen LogP contribution in [0.25, 0.3) is 0 Å². The van der Waals surface area contributed by atoms with Crippen LogP contribution in [0.1, 0.15) is 37.5 Å². The van der Waals surface area contributed by atoms with E-state index in [1.807, 2.05) is 36.4 Å². The zero-order chi connectivity index (χ0) is 15.5. The van der Waals surface area contributed by atoms with Crippen LogP contribution in [0.3, 0.4) is 0 Å². The van der Waals surface area contributed by atoms with Gasteiger partial charge in [0.1, 0.15) is 12.4 Å². The van der Waals surface area contributed by atoms with E-state index in [1.54, 1.807) is 0 Å². The standard InChI is InChI=1S/C18H18BrNO/c1-18(2,3)16-10-15(19)8-9-17(16)21-12-14-6-4-13(11-20)5-7-14/h4-10H,12H2,1-3H3. The highest BCUT2D eigenvalue weighted by molar-refractivity contribution is 9.10. The molecule has 0 aliphatic rings. The number of hydrogen-bond acceptors (Lipinski definition) is 2. The van der Waals surface area contributed by atoms with Crippen LogP contribution in [0.4, 0.5) is 0 Å². The van der Waals surface area contributed by atoms with Gasteiger partial charge < -0.3 is 4.74 Å². The second-order valence-corrected chi connectivity index (χ2v) is 6.90. The highest BCUT2D eigenvalue weighted by Crippen LogP contribution is 2.34. The number of benzene rings is 2. The van der Waals surface area contributed by atoms with E-state index in [-0.39, 0.29) is 5.41 Å². The van der Waals surface area contributed by atoms with E-state index in [0.29, 0.717) is 12.2 Å². The molecule has 0 radical (unpaired) electrons. The van der Waals surface area contributed by atoms with Crippen LogP contribution in [0.5, 0.6) is 5.75 Å². The molecule has 0 spiro atoms. The van der Waals surface area contributed by atoms with Crippen molar-refractivity contribution in [2.75, 3.05) is 0 Å². The summed E-state index contributed by atoms with van der Waals surface area (Å²) in [7, 11) is 0. The summed E-state index contributed by atoms with van der Waals surface area (Å²) in [6.07, 6.45) is 0. The summed E-state index contributed by atoms with van der Waals surface area (Å²) in [5.41, 5.74) is 2.91. The number of hydrogen-bond donors (Lipinski definition) is 0. The van der Waals surface area contributed by atoms with Gasteiger partial charge in [0.05, 0.1) is 11.6 Å². The van der Waals surface area contributed by atoms with Crippen molar-refractivity contribution in [1.29, 1.82) is 5.26 Å². The number of halogens is 1. The summed E-state index contributed by atoms with van der Waals surface area (Å²) in [5, 5.41) is 8.80. The first-order valence-electron chi connectivity index (χ1n) is 6.82. The average Bonchev–Trinajstić information content (AvgIpc) is 2.45. The van der Waals surface area contributed by atoms with Gasteiger partial charge in [-0.15, -0.1) is 0 Å². The zero-order valence-corrected chi connectivity index (χ0v) is 14.1. The molecule has 0 saturated heterocycles. The molecule has 0 amide bonds. The van der Waals surface area contributed by atoms with Gasteiger partial charge in [-0.1, -0.05) is 48.8 Å². The Morgan fingerprint density at radius 2 is 1.76 bits per heavy atom. The average molecular weight is 344 g/mol. The van der Waals surface area contributed by atoms with Crippen LogP contribution in [-0.4, -0.2) is 0 Å². The Labute approximate surface area is 134 Å². The predicted molar refractivity (Wildman–Crippen MR) is 88.3 cm³/mol. The van der Waals surface area contributed by atoms with Crippen molar-refractivity contribution >= 4 is 15.9 Å². The lowest BCUT2D eigenvalue weighted by Gasteiger charge is -2.23. The molecule has 108 valence electrons. The molecule has 0 saturated carbocycles. The van der Waals surface area contributed by atoms with Crippen LogP contribution in [-0.2, 0) is 12.0 Å². The Balaban J connectivity index is 2.18. The van der Waals surface area contributed by atoms with Gasteiger partial charge in [0.2, 0.25) is 0 Å². The lowest BCUT2D eigenvalue weighted by molar-refractivity contribution is 0.297. The number of nitriles is 1. The van der Waals surface area contributed by atoms with Crippen molar-refractivity contribution in [3.8, 4) is 11.8 Å². The molecular weight excluding hydrogens is 326 g/mol. The topological polar surface area (TPSA) is 33.0 Å². The summed E-state index contributed by atoms with van der Waals surface area (Å²) in [4.78, 5) is 0. The first-order valence-corrected chi connectivity index (χ1v) is 7.61. The van der Waals surface area contributed by atoms with Crippen molar-refractivity contribution in [2.24, 2.45) is 0 Å². The second-order valence-electron chi connectivity index (χ2n) is 5.99. The van der Waals surface area contributed by atoms with Gasteiger partial charge in [0.15, 0.2) is 0 Å². The third kappa shape index (κ3) is 4.09. The highest BCUT2D eigenvalue weighted by atomic mass is 79.9. The van der Waals surface area contributed by atoms with E-state index in [4.69, 9.17) is 10.00 Å². The number of ether oxygens (including phenoxy) is 1. The summed E-state index contributed by atoms with van der Waals surface area (Å²) in [5.74, 6) is 0.898. The van der Waals surface area contributed by atoms with E-state index < -0.39 is 0 Å². The minimum Gasteiger partial charge on any atom is -0.489 e.